The highest BCUT2D eigenvalue weighted by molar-refractivity contribution is 6.66. The molecule has 1 aliphatic heterocycles. The standard InChI is InChI=1S/C24H21BO2/c1-23(2)24(3,4)27-25(26-23)19-13-15-8-6-10-17-16-9-5-7-14-11-12-18(19)22(20(14)16)21(15)17/h5-13H,1-4H3. The molecule has 0 N–H and O–H groups in total. The summed E-state index contributed by atoms with van der Waals surface area (Å²) in [4.78, 5) is 0. The number of hydrogen-bond donors (Lipinski definition) is 0. The molecule has 0 atom stereocenters. The van der Waals surface area contributed by atoms with E-state index in [9.17, 15) is 0 Å². The lowest BCUT2D eigenvalue weighted by molar-refractivity contribution is 0.00578. The Kier molecular flexibility index (Phi) is 2.75. The van der Waals surface area contributed by atoms with Gasteiger partial charge >= 0.3 is 7.12 Å². The quantitative estimate of drug-likeness (QED) is 0.296. The predicted molar refractivity (Wildman–Crippen MR) is 114 cm³/mol. The van der Waals surface area contributed by atoms with Gasteiger partial charge in [0.05, 0.1) is 11.2 Å². The van der Waals surface area contributed by atoms with E-state index in [1.807, 2.05) is 0 Å². The van der Waals surface area contributed by atoms with Crippen LogP contribution in [0.25, 0.3) is 43.4 Å². The van der Waals surface area contributed by atoms with E-state index in [4.69, 9.17) is 9.31 Å². The molecule has 3 heteroatoms. The summed E-state index contributed by atoms with van der Waals surface area (Å²) >= 11 is 0. The minimum Gasteiger partial charge on any atom is -0.399 e. The average molecular weight is 352 g/mol. The highest BCUT2D eigenvalue weighted by atomic mass is 16.7. The van der Waals surface area contributed by atoms with Gasteiger partial charge in [-0.15, -0.1) is 0 Å². The zero-order valence-corrected chi connectivity index (χ0v) is 16.1. The maximum absolute atomic E-state index is 6.41. The molecule has 27 heavy (non-hydrogen) atoms. The van der Waals surface area contributed by atoms with Crippen LogP contribution in [-0.4, -0.2) is 18.3 Å². The van der Waals surface area contributed by atoms with Gasteiger partial charge < -0.3 is 9.31 Å². The van der Waals surface area contributed by atoms with Crippen LogP contribution in [0.15, 0.2) is 54.6 Å². The largest absolute Gasteiger partial charge is 0.495 e. The lowest BCUT2D eigenvalue weighted by Crippen LogP contribution is -2.41. The minimum absolute atomic E-state index is 0.344. The van der Waals surface area contributed by atoms with Crippen LogP contribution < -0.4 is 5.46 Å². The number of rotatable bonds is 1. The molecule has 0 radical (unpaired) electrons. The van der Waals surface area contributed by atoms with Crippen LogP contribution in [0, 0.1) is 0 Å². The Morgan fingerprint density at radius 2 is 1.26 bits per heavy atom. The Bertz CT molecular complexity index is 1250. The zero-order valence-electron chi connectivity index (χ0n) is 16.1. The van der Waals surface area contributed by atoms with Crippen molar-refractivity contribution in [2.75, 3.05) is 0 Å². The van der Waals surface area contributed by atoms with Gasteiger partial charge in [-0.3, -0.25) is 0 Å². The topological polar surface area (TPSA) is 18.5 Å². The average Bonchev–Trinajstić information content (AvgIpc) is 3.08. The lowest BCUT2D eigenvalue weighted by atomic mass is 9.74. The molecule has 0 spiro atoms. The first-order chi connectivity index (χ1) is 12.9. The van der Waals surface area contributed by atoms with Crippen molar-refractivity contribution in [1.29, 1.82) is 0 Å². The van der Waals surface area contributed by atoms with Gasteiger partial charge in [0.2, 0.25) is 0 Å². The van der Waals surface area contributed by atoms with Crippen LogP contribution in [0.5, 0.6) is 0 Å². The number of fused-ring (bicyclic) bond motifs is 1. The molecule has 0 unspecified atom stereocenters. The van der Waals surface area contributed by atoms with E-state index >= 15 is 0 Å². The van der Waals surface area contributed by atoms with E-state index in [0.717, 1.165) is 5.46 Å². The molecule has 132 valence electrons. The maximum atomic E-state index is 6.41. The van der Waals surface area contributed by atoms with Crippen molar-refractivity contribution in [2.24, 2.45) is 0 Å². The molecule has 4 aromatic rings. The van der Waals surface area contributed by atoms with Crippen LogP contribution in [0.1, 0.15) is 27.7 Å². The van der Waals surface area contributed by atoms with Crippen molar-refractivity contribution in [3.63, 3.8) is 0 Å². The Hall–Kier alpha value is -2.36. The summed E-state index contributed by atoms with van der Waals surface area (Å²) in [5, 5.41) is 7.86. The first kappa shape index (κ1) is 15.7. The normalized spacial score (nSPS) is 19.3. The summed E-state index contributed by atoms with van der Waals surface area (Å²) in [6.07, 6.45) is 0. The van der Waals surface area contributed by atoms with Gasteiger partial charge in [-0.25, -0.2) is 0 Å². The van der Waals surface area contributed by atoms with Crippen molar-refractivity contribution in [1.82, 2.24) is 0 Å². The number of hydrogen-bond acceptors (Lipinski definition) is 2. The van der Waals surface area contributed by atoms with Crippen LogP contribution in [0.3, 0.4) is 0 Å². The van der Waals surface area contributed by atoms with Crippen molar-refractivity contribution < 1.29 is 9.31 Å². The van der Waals surface area contributed by atoms with E-state index < -0.39 is 0 Å². The molecule has 0 bridgehead atoms. The molecule has 0 aromatic heterocycles. The highest BCUT2D eigenvalue weighted by Gasteiger charge is 2.52. The third-order valence-corrected chi connectivity index (χ3v) is 6.81. The fraction of sp³-hybridized carbons (Fsp3) is 0.250. The molecular weight excluding hydrogens is 331 g/mol. The molecule has 0 saturated carbocycles. The minimum atomic E-state index is -0.353. The molecule has 1 heterocycles. The fourth-order valence-electron chi connectivity index (χ4n) is 4.71. The third kappa shape index (κ3) is 1.84. The Morgan fingerprint density at radius 3 is 1.93 bits per heavy atom. The first-order valence-corrected chi connectivity index (χ1v) is 9.64. The van der Waals surface area contributed by atoms with Gasteiger partial charge in [-0.2, -0.15) is 0 Å². The van der Waals surface area contributed by atoms with Gasteiger partial charge in [0.15, 0.2) is 0 Å². The summed E-state index contributed by atoms with van der Waals surface area (Å²) < 4.78 is 12.8. The van der Waals surface area contributed by atoms with Crippen molar-refractivity contribution in [3.05, 3.63) is 54.6 Å². The first-order valence-electron chi connectivity index (χ1n) is 9.64. The van der Waals surface area contributed by atoms with Crippen molar-refractivity contribution >= 4 is 44.9 Å². The van der Waals surface area contributed by atoms with E-state index in [-0.39, 0.29) is 18.3 Å². The Balaban J connectivity index is 1.73. The second-order valence-electron chi connectivity index (χ2n) is 8.85. The molecule has 1 fully saturated rings. The van der Waals surface area contributed by atoms with Crippen molar-refractivity contribution in [3.8, 4) is 11.1 Å². The number of benzene rings is 4. The molecule has 6 rings (SSSR count). The summed E-state index contributed by atoms with van der Waals surface area (Å²) in [5.41, 5.74) is 3.12. The summed E-state index contributed by atoms with van der Waals surface area (Å²) in [7, 11) is -0.353. The SMILES string of the molecule is CC1(C)OB(c2cc3cccc4c3c3c2ccc2cccc-4c23)OC1(C)C. The second kappa shape index (κ2) is 4.73. The van der Waals surface area contributed by atoms with E-state index in [1.54, 1.807) is 0 Å². The van der Waals surface area contributed by atoms with E-state index in [1.165, 1.54) is 43.4 Å². The summed E-state index contributed by atoms with van der Waals surface area (Å²) in [5.74, 6) is 0. The summed E-state index contributed by atoms with van der Waals surface area (Å²) in [6, 6.07) is 19.9. The molecule has 2 nitrogen and oxygen atoms in total. The van der Waals surface area contributed by atoms with Crippen molar-refractivity contribution in [2.45, 2.75) is 38.9 Å². The van der Waals surface area contributed by atoms with Gasteiger partial charge in [0.1, 0.15) is 0 Å². The highest BCUT2D eigenvalue weighted by Crippen LogP contribution is 2.47. The molecule has 4 aromatic carbocycles. The molecule has 0 amide bonds. The Morgan fingerprint density at radius 1 is 0.667 bits per heavy atom. The predicted octanol–water partition coefficient (Wildman–Crippen LogP) is 5.43. The van der Waals surface area contributed by atoms with Gasteiger partial charge in [-0.05, 0) is 76.6 Å². The Labute approximate surface area is 159 Å². The fourth-order valence-corrected chi connectivity index (χ4v) is 4.71. The molecule has 1 aliphatic carbocycles. The van der Waals surface area contributed by atoms with Crippen LogP contribution in [0.2, 0.25) is 0 Å². The monoisotopic (exact) mass is 352 g/mol. The van der Waals surface area contributed by atoms with E-state index in [2.05, 4.69) is 82.3 Å². The van der Waals surface area contributed by atoms with Gasteiger partial charge in [0, 0.05) is 0 Å². The van der Waals surface area contributed by atoms with Gasteiger partial charge in [-0.1, -0.05) is 54.6 Å². The molecule has 2 aliphatic rings. The van der Waals surface area contributed by atoms with Crippen LogP contribution >= 0.6 is 0 Å². The van der Waals surface area contributed by atoms with Gasteiger partial charge in [0.25, 0.3) is 0 Å². The third-order valence-electron chi connectivity index (χ3n) is 6.81. The lowest BCUT2D eigenvalue weighted by Gasteiger charge is -2.32. The summed E-state index contributed by atoms with van der Waals surface area (Å²) in [6.45, 7) is 8.44. The van der Waals surface area contributed by atoms with E-state index in [0.29, 0.717) is 0 Å². The molecular formula is C24H21BO2. The van der Waals surface area contributed by atoms with Crippen LogP contribution in [0.4, 0.5) is 0 Å². The van der Waals surface area contributed by atoms with Crippen LogP contribution in [-0.2, 0) is 9.31 Å². The second-order valence-corrected chi connectivity index (χ2v) is 8.85. The molecule has 1 saturated heterocycles. The maximum Gasteiger partial charge on any atom is 0.495 e. The zero-order chi connectivity index (χ0) is 18.6. The smallest absolute Gasteiger partial charge is 0.399 e.